The number of aromatic hydroxyl groups is 1. The minimum atomic E-state index is -1.20. The standard InChI is InChI=1S/C22H29N3O4/c1-11-16(19(27)29-20(23)28)17(25-12(2)24-11)13-9-14(21(3,4)5)18(26)15(10-13)22(6,7)8/h9-10,26H,1-8H3,(H2,23,28). The molecule has 3 N–H and O–H groups in total. The van der Waals surface area contributed by atoms with Crippen LogP contribution in [0.25, 0.3) is 11.3 Å². The van der Waals surface area contributed by atoms with Crippen LogP contribution in [0.5, 0.6) is 5.75 Å². The second kappa shape index (κ2) is 7.46. The highest BCUT2D eigenvalue weighted by molar-refractivity contribution is 6.01. The van der Waals surface area contributed by atoms with E-state index in [4.69, 9.17) is 5.73 Å². The molecule has 2 aromatic rings. The van der Waals surface area contributed by atoms with E-state index in [-0.39, 0.29) is 22.1 Å². The Morgan fingerprint density at radius 3 is 1.86 bits per heavy atom. The Balaban J connectivity index is 2.91. The van der Waals surface area contributed by atoms with Gasteiger partial charge in [-0.3, -0.25) is 0 Å². The van der Waals surface area contributed by atoms with Crippen molar-refractivity contribution in [2.75, 3.05) is 0 Å². The molecule has 0 aliphatic carbocycles. The Kier molecular flexibility index (Phi) is 5.75. The first-order valence-corrected chi connectivity index (χ1v) is 9.38. The molecule has 1 amide bonds. The van der Waals surface area contributed by atoms with Crippen LogP contribution in [0.4, 0.5) is 4.79 Å². The fraction of sp³-hybridized carbons (Fsp3) is 0.455. The smallest absolute Gasteiger partial charge is 0.412 e. The molecule has 7 heteroatoms. The number of aromatic nitrogens is 2. The van der Waals surface area contributed by atoms with Gasteiger partial charge in [-0.2, -0.15) is 0 Å². The summed E-state index contributed by atoms with van der Waals surface area (Å²) in [5, 5.41) is 11.0. The molecule has 1 aromatic heterocycles. The Hall–Kier alpha value is -2.96. The van der Waals surface area contributed by atoms with Crippen molar-refractivity contribution in [2.45, 2.75) is 66.2 Å². The maximum absolute atomic E-state index is 12.6. The molecule has 1 heterocycles. The summed E-state index contributed by atoms with van der Waals surface area (Å²) in [6, 6.07) is 3.62. The molecule has 0 fully saturated rings. The minimum Gasteiger partial charge on any atom is -0.507 e. The third kappa shape index (κ3) is 4.72. The van der Waals surface area contributed by atoms with E-state index in [1.165, 1.54) is 0 Å². The number of primary amides is 1. The molecular formula is C22H29N3O4. The molecule has 0 atom stereocenters. The summed E-state index contributed by atoms with van der Waals surface area (Å²) >= 11 is 0. The highest BCUT2D eigenvalue weighted by Crippen LogP contribution is 2.42. The van der Waals surface area contributed by atoms with Crippen LogP contribution in [-0.2, 0) is 15.6 Å². The lowest BCUT2D eigenvalue weighted by atomic mass is 9.78. The zero-order valence-corrected chi connectivity index (χ0v) is 18.3. The monoisotopic (exact) mass is 399 g/mol. The van der Waals surface area contributed by atoms with Crippen LogP contribution in [0.1, 0.15) is 74.5 Å². The van der Waals surface area contributed by atoms with Crippen molar-refractivity contribution in [3.05, 3.63) is 40.3 Å². The van der Waals surface area contributed by atoms with E-state index in [2.05, 4.69) is 14.7 Å². The molecular weight excluding hydrogens is 370 g/mol. The van der Waals surface area contributed by atoms with Gasteiger partial charge in [-0.1, -0.05) is 41.5 Å². The molecule has 0 saturated carbocycles. The third-order valence-electron chi connectivity index (χ3n) is 4.60. The summed E-state index contributed by atoms with van der Waals surface area (Å²) in [6.45, 7) is 15.3. The molecule has 0 bridgehead atoms. The van der Waals surface area contributed by atoms with Crippen LogP contribution in [0.2, 0.25) is 0 Å². The fourth-order valence-corrected chi connectivity index (χ4v) is 3.22. The number of hydrogen-bond acceptors (Lipinski definition) is 6. The van der Waals surface area contributed by atoms with Crippen LogP contribution < -0.4 is 5.73 Å². The zero-order valence-electron chi connectivity index (χ0n) is 18.3. The van der Waals surface area contributed by atoms with Gasteiger partial charge in [-0.25, -0.2) is 19.6 Å². The minimum absolute atomic E-state index is 0.0693. The lowest BCUT2D eigenvalue weighted by molar-refractivity contribution is 0.0637. The first-order chi connectivity index (χ1) is 13.1. The third-order valence-corrected chi connectivity index (χ3v) is 4.60. The number of phenolic OH excluding ortho intramolecular Hbond substituents is 1. The average Bonchev–Trinajstić information content (AvgIpc) is 2.51. The molecule has 0 spiro atoms. The Labute approximate surface area is 171 Å². The van der Waals surface area contributed by atoms with Crippen LogP contribution in [-0.4, -0.2) is 27.1 Å². The number of nitrogens with two attached hydrogens (primary N) is 1. The molecule has 0 unspecified atom stereocenters. The van der Waals surface area contributed by atoms with Gasteiger partial charge in [0.05, 0.1) is 11.4 Å². The molecule has 7 nitrogen and oxygen atoms in total. The number of carbonyl (C=O) groups is 2. The van der Waals surface area contributed by atoms with Gasteiger partial charge in [0.1, 0.15) is 17.1 Å². The number of rotatable bonds is 2. The number of aryl methyl sites for hydroxylation is 2. The molecule has 0 radical (unpaired) electrons. The lowest BCUT2D eigenvalue weighted by Crippen LogP contribution is -2.21. The Morgan fingerprint density at radius 2 is 1.45 bits per heavy atom. The lowest BCUT2D eigenvalue weighted by Gasteiger charge is -2.28. The number of benzene rings is 1. The number of carbonyl (C=O) groups excluding carboxylic acids is 2. The first kappa shape index (κ1) is 22.3. The average molecular weight is 399 g/mol. The predicted molar refractivity (Wildman–Crippen MR) is 111 cm³/mol. The van der Waals surface area contributed by atoms with E-state index in [1.54, 1.807) is 13.8 Å². The summed E-state index contributed by atoms with van der Waals surface area (Å²) in [5.41, 5.74) is 7.17. The zero-order chi connectivity index (χ0) is 22.3. The topological polar surface area (TPSA) is 115 Å². The van der Waals surface area contributed by atoms with Gasteiger partial charge in [-0.15, -0.1) is 0 Å². The first-order valence-electron chi connectivity index (χ1n) is 9.38. The van der Waals surface area contributed by atoms with E-state index >= 15 is 0 Å². The van der Waals surface area contributed by atoms with Crippen molar-refractivity contribution in [3.63, 3.8) is 0 Å². The van der Waals surface area contributed by atoms with Crippen molar-refractivity contribution < 1.29 is 19.4 Å². The molecule has 156 valence electrons. The highest BCUT2D eigenvalue weighted by atomic mass is 16.6. The van der Waals surface area contributed by atoms with Crippen LogP contribution in [0, 0.1) is 13.8 Å². The van der Waals surface area contributed by atoms with Gasteiger partial charge < -0.3 is 15.6 Å². The number of esters is 1. The van der Waals surface area contributed by atoms with Gasteiger partial charge in [0.25, 0.3) is 0 Å². The summed E-state index contributed by atoms with van der Waals surface area (Å²) in [6.07, 6.45) is -1.20. The normalized spacial score (nSPS) is 12.0. The number of amides is 1. The van der Waals surface area contributed by atoms with Crippen LogP contribution in [0.3, 0.4) is 0 Å². The summed E-state index contributed by atoms with van der Waals surface area (Å²) < 4.78 is 4.61. The summed E-state index contributed by atoms with van der Waals surface area (Å²) in [4.78, 5) is 32.4. The molecule has 1 aromatic carbocycles. The second-order valence-electron chi connectivity index (χ2n) is 9.21. The molecule has 0 saturated heterocycles. The van der Waals surface area contributed by atoms with Gasteiger partial charge in [0.2, 0.25) is 0 Å². The fourth-order valence-electron chi connectivity index (χ4n) is 3.22. The maximum Gasteiger partial charge on any atom is 0.412 e. The van der Waals surface area contributed by atoms with Crippen molar-refractivity contribution in [1.82, 2.24) is 9.97 Å². The van der Waals surface area contributed by atoms with Crippen molar-refractivity contribution in [3.8, 4) is 17.0 Å². The predicted octanol–water partition coefficient (Wildman–Crippen LogP) is 4.30. The number of phenols is 1. The van der Waals surface area contributed by atoms with E-state index < -0.39 is 12.1 Å². The van der Waals surface area contributed by atoms with E-state index in [0.717, 1.165) is 11.1 Å². The van der Waals surface area contributed by atoms with Crippen molar-refractivity contribution in [2.24, 2.45) is 5.73 Å². The Morgan fingerprint density at radius 1 is 0.966 bits per heavy atom. The van der Waals surface area contributed by atoms with E-state index in [0.29, 0.717) is 22.8 Å². The number of nitrogens with zero attached hydrogens (tertiary/aromatic N) is 2. The van der Waals surface area contributed by atoms with Gasteiger partial charge in [0.15, 0.2) is 0 Å². The summed E-state index contributed by atoms with van der Waals surface area (Å²) in [5.74, 6) is -0.221. The highest BCUT2D eigenvalue weighted by Gasteiger charge is 2.29. The van der Waals surface area contributed by atoms with Crippen LogP contribution >= 0.6 is 0 Å². The SMILES string of the molecule is Cc1nc(C)c(C(=O)OC(N)=O)c(-c2cc(C(C)(C)C)c(O)c(C(C)(C)C)c2)n1. The van der Waals surface area contributed by atoms with E-state index in [9.17, 15) is 14.7 Å². The number of hydrogen-bond donors (Lipinski definition) is 2. The van der Waals surface area contributed by atoms with Gasteiger partial charge in [0, 0.05) is 16.7 Å². The molecule has 2 rings (SSSR count). The van der Waals surface area contributed by atoms with Gasteiger partial charge >= 0.3 is 12.1 Å². The number of ether oxygens (including phenoxy) is 1. The van der Waals surface area contributed by atoms with Crippen LogP contribution in [0.15, 0.2) is 12.1 Å². The quantitative estimate of drug-likeness (QED) is 0.575. The second-order valence-corrected chi connectivity index (χ2v) is 9.21. The summed E-state index contributed by atoms with van der Waals surface area (Å²) in [7, 11) is 0. The molecule has 0 aliphatic rings. The molecule has 0 aliphatic heterocycles. The molecule has 29 heavy (non-hydrogen) atoms. The van der Waals surface area contributed by atoms with Gasteiger partial charge in [-0.05, 0) is 36.8 Å². The largest absolute Gasteiger partial charge is 0.507 e. The maximum atomic E-state index is 12.6. The van der Waals surface area contributed by atoms with E-state index in [1.807, 2.05) is 53.7 Å². The Bertz CT molecular complexity index is 948. The van der Waals surface area contributed by atoms with Crippen molar-refractivity contribution >= 4 is 12.1 Å². The van der Waals surface area contributed by atoms with Crippen molar-refractivity contribution in [1.29, 1.82) is 0 Å².